The first-order valence-electron chi connectivity index (χ1n) is 5.21. The Morgan fingerprint density at radius 2 is 2.06 bits per heavy atom. The van der Waals surface area contributed by atoms with Gasteiger partial charge in [0.1, 0.15) is 11.5 Å². The Kier molecular flexibility index (Phi) is 3.38. The van der Waals surface area contributed by atoms with Crippen molar-refractivity contribution in [3.8, 4) is 0 Å². The highest BCUT2D eigenvalue weighted by Crippen LogP contribution is 2.10. The van der Waals surface area contributed by atoms with E-state index in [1.165, 1.54) is 0 Å². The zero-order valence-corrected chi connectivity index (χ0v) is 11.2. The van der Waals surface area contributed by atoms with E-state index in [2.05, 4.69) is 25.9 Å². The second-order valence-corrected chi connectivity index (χ2v) is 4.73. The Morgan fingerprint density at radius 3 is 2.59 bits per heavy atom. The van der Waals surface area contributed by atoms with Crippen LogP contribution in [0.25, 0.3) is 0 Å². The number of aryl methyl sites for hydroxylation is 2. The highest BCUT2D eigenvalue weighted by molar-refractivity contribution is 9.10. The van der Waals surface area contributed by atoms with Crippen LogP contribution in [0.3, 0.4) is 0 Å². The van der Waals surface area contributed by atoms with Gasteiger partial charge in [-0.1, -0.05) is 0 Å². The molecule has 0 spiro atoms. The van der Waals surface area contributed by atoms with Crippen LogP contribution in [0.15, 0.2) is 29.0 Å². The van der Waals surface area contributed by atoms with Gasteiger partial charge in [-0.2, -0.15) is 0 Å². The van der Waals surface area contributed by atoms with Crippen molar-refractivity contribution in [1.82, 2.24) is 14.5 Å². The average Bonchev–Trinajstić information content (AvgIpc) is 2.61. The molecule has 0 saturated carbocycles. The minimum absolute atomic E-state index is 0.0123. The van der Waals surface area contributed by atoms with Crippen LogP contribution in [0.5, 0.6) is 0 Å². The van der Waals surface area contributed by atoms with Crippen molar-refractivity contribution in [2.45, 2.75) is 20.4 Å². The Labute approximate surface area is 108 Å². The topological polar surface area (TPSA) is 47.8 Å². The van der Waals surface area contributed by atoms with Gasteiger partial charge in [-0.05, 0) is 41.9 Å². The molecule has 0 fully saturated rings. The molecule has 0 bridgehead atoms. The molecule has 0 atom stereocenters. The van der Waals surface area contributed by atoms with Gasteiger partial charge in [0.25, 0.3) is 0 Å². The van der Waals surface area contributed by atoms with Crippen LogP contribution in [0.1, 0.15) is 22.0 Å². The number of hydrogen-bond donors (Lipinski definition) is 0. The van der Waals surface area contributed by atoms with Gasteiger partial charge in [-0.3, -0.25) is 9.78 Å². The van der Waals surface area contributed by atoms with Crippen LogP contribution in [0.4, 0.5) is 0 Å². The van der Waals surface area contributed by atoms with Crippen molar-refractivity contribution >= 4 is 21.7 Å². The molecule has 0 radical (unpaired) electrons. The maximum absolute atomic E-state index is 12.0. The molecule has 0 amide bonds. The van der Waals surface area contributed by atoms with Crippen LogP contribution >= 0.6 is 15.9 Å². The summed E-state index contributed by atoms with van der Waals surface area (Å²) >= 11 is 3.29. The molecule has 0 N–H and O–H groups in total. The van der Waals surface area contributed by atoms with Crippen LogP contribution in [0.2, 0.25) is 0 Å². The fourth-order valence-electron chi connectivity index (χ4n) is 1.59. The standard InChI is InChI=1S/C12H12BrN3O/c1-8-5-14-9(2)16(8)7-12(17)11-4-3-10(13)6-15-11/h3-6H,7H2,1-2H3. The van der Waals surface area contributed by atoms with Gasteiger partial charge in [-0.25, -0.2) is 4.98 Å². The second kappa shape index (κ2) is 4.79. The van der Waals surface area contributed by atoms with Gasteiger partial charge < -0.3 is 4.57 Å². The lowest BCUT2D eigenvalue weighted by atomic mass is 10.2. The Bertz CT molecular complexity index is 526. The van der Waals surface area contributed by atoms with E-state index in [9.17, 15) is 4.79 Å². The van der Waals surface area contributed by atoms with Crippen molar-refractivity contribution in [3.05, 3.63) is 46.2 Å². The van der Waals surface area contributed by atoms with Gasteiger partial charge in [0.2, 0.25) is 5.78 Å². The summed E-state index contributed by atoms with van der Waals surface area (Å²) < 4.78 is 2.75. The summed E-state index contributed by atoms with van der Waals surface area (Å²) in [5, 5.41) is 0. The number of pyridine rings is 1. The van der Waals surface area contributed by atoms with Gasteiger partial charge >= 0.3 is 0 Å². The number of aromatic nitrogens is 3. The van der Waals surface area contributed by atoms with E-state index in [1.54, 1.807) is 18.5 Å². The summed E-state index contributed by atoms with van der Waals surface area (Å²) in [5.74, 6) is 0.828. The first-order chi connectivity index (χ1) is 8.08. The number of halogens is 1. The van der Waals surface area contributed by atoms with Crippen molar-refractivity contribution < 1.29 is 4.79 Å². The van der Waals surface area contributed by atoms with Gasteiger partial charge in [0.05, 0.1) is 6.54 Å². The van der Waals surface area contributed by atoms with Crippen molar-refractivity contribution in [2.75, 3.05) is 0 Å². The smallest absolute Gasteiger partial charge is 0.200 e. The molecule has 2 heterocycles. The van der Waals surface area contributed by atoms with Crippen LogP contribution in [-0.2, 0) is 6.54 Å². The molecule has 0 aliphatic carbocycles. The maximum atomic E-state index is 12.0. The zero-order chi connectivity index (χ0) is 12.4. The fourth-order valence-corrected chi connectivity index (χ4v) is 1.82. The average molecular weight is 294 g/mol. The van der Waals surface area contributed by atoms with Crippen LogP contribution < -0.4 is 0 Å². The van der Waals surface area contributed by atoms with Crippen LogP contribution in [-0.4, -0.2) is 20.3 Å². The number of ketones is 1. The molecule has 0 aromatic carbocycles. The third kappa shape index (κ3) is 2.61. The predicted octanol–water partition coefficient (Wildman–Crippen LogP) is 2.54. The first kappa shape index (κ1) is 12.0. The Hall–Kier alpha value is -1.49. The number of Topliss-reactive ketones (excluding diaryl/α,β-unsaturated/α-hetero) is 1. The number of imidazole rings is 1. The quantitative estimate of drug-likeness (QED) is 0.817. The fraction of sp³-hybridized carbons (Fsp3) is 0.250. The highest BCUT2D eigenvalue weighted by atomic mass is 79.9. The number of hydrogen-bond acceptors (Lipinski definition) is 3. The van der Waals surface area contributed by atoms with E-state index in [0.29, 0.717) is 5.69 Å². The molecular weight excluding hydrogens is 282 g/mol. The van der Waals surface area contributed by atoms with E-state index < -0.39 is 0 Å². The summed E-state index contributed by atoms with van der Waals surface area (Å²) in [4.78, 5) is 20.2. The normalized spacial score (nSPS) is 10.5. The second-order valence-electron chi connectivity index (χ2n) is 3.82. The third-order valence-electron chi connectivity index (χ3n) is 2.57. The molecule has 2 aromatic heterocycles. The summed E-state index contributed by atoms with van der Waals surface area (Å²) in [6.45, 7) is 4.10. The van der Waals surface area contributed by atoms with E-state index in [0.717, 1.165) is 16.0 Å². The first-order valence-corrected chi connectivity index (χ1v) is 6.00. The number of nitrogens with zero attached hydrogens (tertiary/aromatic N) is 3. The summed E-state index contributed by atoms with van der Waals surface area (Å²) in [6, 6.07) is 3.53. The molecule has 88 valence electrons. The van der Waals surface area contributed by atoms with Crippen molar-refractivity contribution in [2.24, 2.45) is 0 Å². The van der Waals surface area contributed by atoms with E-state index in [4.69, 9.17) is 0 Å². The Morgan fingerprint density at radius 1 is 1.29 bits per heavy atom. The zero-order valence-electron chi connectivity index (χ0n) is 9.64. The third-order valence-corrected chi connectivity index (χ3v) is 3.04. The van der Waals surface area contributed by atoms with Crippen molar-refractivity contribution in [3.63, 3.8) is 0 Å². The molecule has 0 aliphatic heterocycles. The minimum atomic E-state index is -0.0123. The highest BCUT2D eigenvalue weighted by Gasteiger charge is 2.11. The van der Waals surface area contributed by atoms with Gasteiger partial charge in [-0.15, -0.1) is 0 Å². The van der Waals surface area contributed by atoms with Gasteiger partial charge in [0.15, 0.2) is 0 Å². The molecular formula is C12H12BrN3O. The van der Waals surface area contributed by atoms with Gasteiger partial charge in [0, 0.05) is 22.6 Å². The lowest BCUT2D eigenvalue weighted by Gasteiger charge is -2.06. The van der Waals surface area contributed by atoms with E-state index in [-0.39, 0.29) is 12.3 Å². The largest absolute Gasteiger partial charge is 0.325 e. The monoisotopic (exact) mass is 293 g/mol. The maximum Gasteiger partial charge on any atom is 0.200 e. The van der Waals surface area contributed by atoms with E-state index >= 15 is 0 Å². The number of rotatable bonds is 3. The molecule has 2 rings (SSSR count). The Balaban J connectivity index is 2.20. The number of carbonyl (C=O) groups excluding carboxylic acids is 1. The molecule has 5 heteroatoms. The molecule has 0 aliphatic rings. The molecule has 4 nitrogen and oxygen atoms in total. The lowest BCUT2D eigenvalue weighted by molar-refractivity contribution is 0.0965. The molecule has 0 unspecified atom stereocenters. The summed E-state index contributed by atoms with van der Waals surface area (Å²) in [7, 11) is 0. The number of carbonyl (C=O) groups is 1. The summed E-state index contributed by atoms with van der Waals surface area (Å²) in [6.07, 6.45) is 3.39. The van der Waals surface area contributed by atoms with Crippen LogP contribution in [0, 0.1) is 13.8 Å². The molecule has 2 aromatic rings. The SMILES string of the molecule is Cc1cnc(C)n1CC(=O)c1ccc(Br)cn1. The van der Waals surface area contributed by atoms with E-state index in [1.807, 2.05) is 24.5 Å². The molecule has 17 heavy (non-hydrogen) atoms. The molecule has 0 saturated heterocycles. The lowest BCUT2D eigenvalue weighted by Crippen LogP contribution is -2.14. The minimum Gasteiger partial charge on any atom is -0.325 e. The predicted molar refractivity (Wildman–Crippen MR) is 68.0 cm³/mol. The summed E-state index contributed by atoms with van der Waals surface area (Å²) in [5.41, 5.74) is 1.45. The van der Waals surface area contributed by atoms with Crippen molar-refractivity contribution in [1.29, 1.82) is 0 Å².